The predicted octanol–water partition coefficient (Wildman–Crippen LogP) is 2.89. The van der Waals surface area contributed by atoms with Crippen LogP contribution < -0.4 is 4.74 Å². The monoisotopic (exact) mass is 426 g/mol. The first-order valence-corrected chi connectivity index (χ1v) is 10.7. The summed E-state index contributed by atoms with van der Waals surface area (Å²) in [4.78, 5) is 49.4. The van der Waals surface area contributed by atoms with Crippen molar-refractivity contribution in [1.29, 1.82) is 0 Å². The van der Waals surface area contributed by atoms with Crippen LogP contribution in [-0.4, -0.2) is 36.4 Å². The molecule has 5 rings (SSSR count). The summed E-state index contributed by atoms with van der Waals surface area (Å²) in [5, 5.41) is 1.78. The Balaban J connectivity index is 1.16. The predicted molar refractivity (Wildman–Crippen MR) is 104 cm³/mol. The van der Waals surface area contributed by atoms with Crippen molar-refractivity contribution in [2.24, 2.45) is 23.7 Å². The average Bonchev–Trinajstić information content (AvgIpc) is 3.49. The molecule has 2 aromatic rings. The molecule has 2 aliphatic carbocycles. The first kappa shape index (κ1) is 19.0. The van der Waals surface area contributed by atoms with Crippen LogP contribution in [0.1, 0.15) is 32.9 Å². The molecule has 0 spiro atoms. The van der Waals surface area contributed by atoms with Crippen LogP contribution in [0, 0.1) is 23.7 Å². The number of benzene rings is 1. The summed E-state index contributed by atoms with van der Waals surface area (Å²) >= 11 is 1.28. The van der Waals surface area contributed by atoms with E-state index in [0.717, 1.165) is 6.42 Å². The van der Waals surface area contributed by atoms with Crippen LogP contribution in [0.3, 0.4) is 0 Å². The van der Waals surface area contributed by atoms with Crippen LogP contribution in [0.15, 0.2) is 41.8 Å². The van der Waals surface area contributed by atoms with E-state index in [1.54, 1.807) is 17.5 Å². The number of esters is 3. The zero-order valence-corrected chi connectivity index (χ0v) is 16.6. The molecule has 1 aliphatic heterocycles. The second-order valence-electron chi connectivity index (χ2n) is 7.84. The number of Topliss-reactive ketones (excluding diaryl/α,β-unsaturated/α-hetero) is 1. The molecule has 2 saturated carbocycles. The lowest BCUT2D eigenvalue weighted by Crippen LogP contribution is -2.34. The summed E-state index contributed by atoms with van der Waals surface area (Å²) in [5.41, 5.74) is 0.340. The number of fused-ring (bicyclic) bond motifs is 1. The van der Waals surface area contributed by atoms with Crippen LogP contribution in [0.2, 0.25) is 0 Å². The molecule has 0 amide bonds. The Bertz CT molecular complexity index is 1010. The fraction of sp³-hybridized carbons (Fsp3) is 0.364. The lowest BCUT2D eigenvalue weighted by molar-refractivity contribution is -0.154. The molecule has 5 atom stereocenters. The van der Waals surface area contributed by atoms with Gasteiger partial charge in [0.2, 0.25) is 0 Å². The lowest BCUT2D eigenvalue weighted by atomic mass is 9.80. The fourth-order valence-electron chi connectivity index (χ4n) is 4.90. The van der Waals surface area contributed by atoms with Crippen molar-refractivity contribution in [2.75, 3.05) is 6.61 Å². The van der Waals surface area contributed by atoms with Crippen molar-refractivity contribution >= 4 is 35.0 Å². The maximum atomic E-state index is 12.6. The van der Waals surface area contributed by atoms with Crippen molar-refractivity contribution in [2.45, 2.75) is 18.9 Å². The van der Waals surface area contributed by atoms with E-state index in [2.05, 4.69) is 0 Å². The van der Waals surface area contributed by atoms with Gasteiger partial charge in [0.1, 0.15) is 16.7 Å². The third-order valence-corrected chi connectivity index (χ3v) is 7.06. The van der Waals surface area contributed by atoms with Crippen molar-refractivity contribution in [1.82, 2.24) is 0 Å². The van der Waals surface area contributed by atoms with Crippen molar-refractivity contribution in [3.8, 4) is 5.75 Å². The number of ketones is 1. The summed E-state index contributed by atoms with van der Waals surface area (Å²) in [5.74, 6) is -2.05. The smallest absolute Gasteiger partial charge is 0.353 e. The van der Waals surface area contributed by atoms with Gasteiger partial charge in [0.25, 0.3) is 0 Å². The van der Waals surface area contributed by atoms with Crippen molar-refractivity contribution < 1.29 is 33.4 Å². The molecule has 3 aliphatic rings. The number of hydrogen-bond donors (Lipinski definition) is 0. The van der Waals surface area contributed by atoms with Gasteiger partial charge in [0.15, 0.2) is 12.4 Å². The first-order valence-electron chi connectivity index (χ1n) is 9.77. The van der Waals surface area contributed by atoms with Crippen LogP contribution in [0.25, 0.3) is 0 Å². The maximum Gasteiger partial charge on any atom is 0.353 e. The van der Waals surface area contributed by atoms with Gasteiger partial charge in [0.05, 0.1) is 11.8 Å². The van der Waals surface area contributed by atoms with Gasteiger partial charge in [-0.2, -0.15) is 0 Å². The number of hydrogen-bond acceptors (Lipinski definition) is 8. The second-order valence-corrected chi connectivity index (χ2v) is 8.79. The molecule has 2 bridgehead atoms. The second kappa shape index (κ2) is 7.36. The van der Waals surface area contributed by atoms with Gasteiger partial charge in [0, 0.05) is 11.5 Å². The topological polar surface area (TPSA) is 96.0 Å². The van der Waals surface area contributed by atoms with E-state index in [4.69, 9.17) is 14.2 Å². The molecule has 154 valence electrons. The molecule has 1 saturated heterocycles. The molecule has 0 unspecified atom stereocenters. The van der Waals surface area contributed by atoms with E-state index < -0.39 is 30.4 Å². The third-order valence-electron chi connectivity index (χ3n) is 6.21. The highest BCUT2D eigenvalue weighted by molar-refractivity contribution is 7.12. The summed E-state index contributed by atoms with van der Waals surface area (Å²) < 4.78 is 15.8. The van der Waals surface area contributed by atoms with E-state index in [0.29, 0.717) is 22.6 Å². The third kappa shape index (κ3) is 3.21. The van der Waals surface area contributed by atoms with E-state index >= 15 is 0 Å². The Morgan fingerprint density at radius 2 is 1.90 bits per heavy atom. The highest BCUT2D eigenvalue weighted by Crippen LogP contribution is 2.57. The van der Waals surface area contributed by atoms with E-state index in [-0.39, 0.29) is 29.7 Å². The summed E-state index contributed by atoms with van der Waals surface area (Å²) in [6, 6.07) is 9.50. The largest absolute Gasteiger partial charge is 0.462 e. The van der Waals surface area contributed by atoms with E-state index in [9.17, 15) is 19.2 Å². The highest BCUT2D eigenvalue weighted by Gasteiger charge is 2.64. The zero-order valence-electron chi connectivity index (χ0n) is 15.8. The highest BCUT2D eigenvalue weighted by atomic mass is 32.1. The van der Waals surface area contributed by atoms with Gasteiger partial charge in [-0.15, -0.1) is 11.3 Å². The van der Waals surface area contributed by atoms with Crippen molar-refractivity contribution in [3.05, 3.63) is 52.2 Å². The molecule has 8 heteroatoms. The lowest BCUT2D eigenvalue weighted by Gasteiger charge is -2.22. The van der Waals surface area contributed by atoms with Gasteiger partial charge in [-0.25, -0.2) is 4.79 Å². The summed E-state index contributed by atoms with van der Waals surface area (Å²) in [6.45, 7) is -0.397. The molecule has 0 N–H and O–H groups in total. The zero-order chi connectivity index (χ0) is 20.8. The Kier molecular flexibility index (Phi) is 4.66. The minimum atomic E-state index is -0.506. The van der Waals surface area contributed by atoms with Gasteiger partial charge in [-0.3, -0.25) is 14.4 Å². The molecule has 2 heterocycles. The number of carbonyl (C=O) groups is 4. The Labute approximate surface area is 175 Å². The fourth-order valence-corrected chi connectivity index (χ4v) is 5.50. The van der Waals surface area contributed by atoms with Crippen LogP contribution in [0.4, 0.5) is 0 Å². The van der Waals surface area contributed by atoms with Gasteiger partial charge in [-0.1, -0.05) is 6.07 Å². The van der Waals surface area contributed by atoms with Gasteiger partial charge in [-0.05, 0) is 54.5 Å². The Morgan fingerprint density at radius 1 is 1.10 bits per heavy atom. The maximum absolute atomic E-state index is 12.6. The standard InChI is InChI=1S/C22H18O7S/c23-15(11-3-5-13(6-4-11)28-20(24)17-2-1-7-30-17)10-27-21(25)18-12-8-14-16(9-12)29-22(26)19(14)18/h1-7,12,14,16,18-19H,8-10H2/t12-,14+,16-,18-,19+/m1/s1. The van der Waals surface area contributed by atoms with Crippen molar-refractivity contribution in [3.63, 3.8) is 0 Å². The Hall–Kier alpha value is -3.00. The Morgan fingerprint density at radius 3 is 2.63 bits per heavy atom. The summed E-state index contributed by atoms with van der Waals surface area (Å²) in [7, 11) is 0. The molecule has 1 aromatic heterocycles. The van der Waals surface area contributed by atoms with Crippen LogP contribution >= 0.6 is 11.3 Å². The van der Waals surface area contributed by atoms with Gasteiger partial charge < -0.3 is 14.2 Å². The molecule has 30 heavy (non-hydrogen) atoms. The first-order chi connectivity index (χ1) is 14.5. The van der Waals surface area contributed by atoms with E-state index in [1.165, 1.54) is 35.6 Å². The number of ether oxygens (including phenoxy) is 3. The summed E-state index contributed by atoms with van der Waals surface area (Å²) in [6.07, 6.45) is 1.46. The minimum absolute atomic E-state index is 0.0504. The van der Waals surface area contributed by atoms with Gasteiger partial charge >= 0.3 is 17.9 Å². The van der Waals surface area contributed by atoms with Crippen LogP contribution in [-0.2, 0) is 19.1 Å². The molecule has 7 nitrogen and oxygen atoms in total. The normalized spacial score (nSPS) is 28.3. The number of rotatable bonds is 6. The van der Waals surface area contributed by atoms with Crippen LogP contribution in [0.5, 0.6) is 5.75 Å². The number of carbonyl (C=O) groups excluding carboxylic acids is 4. The molecule has 1 aromatic carbocycles. The molecule has 0 radical (unpaired) electrons. The SMILES string of the molecule is O=C(COC(=O)[C@@H]1[C@@H]2C[C@@H]3[C@@H]1C(=O)O[C@@H]3C2)c1ccc(OC(=O)c2cccs2)cc1. The molecular formula is C22H18O7S. The minimum Gasteiger partial charge on any atom is -0.462 e. The average molecular weight is 426 g/mol. The molecule has 3 fully saturated rings. The quantitative estimate of drug-likeness (QED) is 0.398. The van der Waals surface area contributed by atoms with E-state index in [1.807, 2.05) is 0 Å². The molecular weight excluding hydrogens is 408 g/mol. The number of thiophene rings is 1.